The van der Waals surface area contributed by atoms with Gasteiger partial charge in [-0.1, -0.05) is 23.2 Å². The fraction of sp³-hybridized carbons (Fsp3) is 0.500. The molecule has 23 heavy (non-hydrogen) atoms. The summed E-state index contributed by atoms with van der Waals surface area (Å²) in [5, 5.41) is -0.174. The van der Waals surface area contributed by atoms with Crippen molar-refractivity contribution >= 4 is 46.7 Å². The number of esters is 1. The van der Waals surface area contributed by atoms with E-state index in [0.717, 1.165) is 12.8 Å². The third kappa shape index (κ3) is 4.31. The van der Waals surface area contributed by atoms with E-state index >= 15 is 0 Å². The van der Waals surface area contributed by atoms with Gasteiger partial charge in [-0.2, -0.15) is 0 Å². The molecule has 4 nitrogen and oxygen atoms in total. The quantitative estimate of drug-likeness (QED) is 0.582. The molecule has 1 aromatic rings. The first-order valence-electron chi connectivity index (χ1n) is 7.51. The summed E-state index contributed by atoms with van der Waals surface area (Å²) in [6.07, 6.45) is 2.28. The first-order chi connectivity index (χ1) is 11.0. The van der Waals surface area contributed by atoms with Crippen LogP contribution in [0.1, 0.15) is 37.1 Å². The van der Waals surface area contributed by atoms with E-state index in [2.05, 4.69) is 0 Å². The van der Waals surface area contributed by atoms with Crippen molar-refractivity contribution in [2.75, 3.05) is 13.2 Å². The maximum Gasteiger partial charge on any atom is 0.328 e. The molecule has 1 aliphatic heterocycles. The third-order valence-electron chi connectivity index (χ3n) is 3.79. The lowest BCUT2D eigenvalue weighted by Crippen LogP contribution is -2.49. The second-order valence-corrected chi connectivity index (χ2v) is 6.60. The van der Waals surface area contributed by atoms with Crippen LogP contribution in [-0.4, -0.2) is 36.0 Å². The Hall–Kier alpha value is -0.970. The summed E-state index contributed by atoms with van der Waals surface area (Å²) < 4.78 is 5.07. The van der Waals surface area contributed by atoms with Crippen LogP contribution >= 0.6 is 34.8 Å². The molecule has 2 unspecified atom stereocenters. The van der Waals surface area contributed by atoms with Crippen molar-refractivity contribution in [3.05, 3.63) is 33.8 Å². The van der Waals surface area contributed by atoms with Crippen molar-refractivity contribution < 1.29 is 14.3 Å². The number of piperidine rings is 1. The van der Waals surface area contributed by atoms with Crippen LogP contribution < -0.4 is 0 Å². The van der Waals surface area contributed by atoms with Gasteiger partial charge in [-0.15, -0.1) is 11.6 Å². The van der Waals surface area contributed by atoms with Crippen molar-refractivity contribution in [1.82, 2.24) is 4.90 Å². The minimum atomic E-state index is -0.990. The van der Waals surface area contributed by atoms with Gasteiger partial charge in [-0.25, -0.2) is 4.79 Å². The first-order valence-corrected chi connectivity index (χ1v) is 8.71. The van der Waals surface area contributed by atoms with Gasteiger partial charge < -0.3 is 9.64 Å². The zero-order chi connectivity index (χ0) is 17.0. The average molecular weight is 379 g/mol. The van der Waals surface area contributed by atoms with Crippen LogP contribution in [0.3, 0.4) is 0 Å². The van der Waals surface area contributed by atoms with E-state index in [-0.39, 0.29) is 18.5 Å². The van der Waals surface area contributed by atoms with Crippen molar-refractivity contribution in [3.63, 3.8) is 0 Å². The molecule has 2 rings (SSSR count). The van der Waals surface area contributed by atoms with Gasteiger partial charge >= 0.3 is 5.97 Å². The number of nitrogens with zero attached hydrogens (tertiary/aromatic N) is 1. The van der Waals surface area contributed by atoms with Crippen molar-refractivity contribution in [2.24, 2.45) is 0 Å². The van der Waals surface area contributed by atoms with Gasteiger partial charge in [-0.3, -0.25) is 4.79 Å². The molecule has 1 heterocycles. The topological polar surface area (TPSA) is 46.6 Å². The van der Waals surface area contributed by atoms with E-state index in [0.29, 0.717) is 28.6 Å². The summed E-state index contributed by atoms with van der Waals surface area (Å²) in [7, 11) is 0. The lowest BCUT2D eigenvalue weighted by atomic mass is 10.0. The monoisotopic (exact) mass is 377 g/mol. The largest absolute Gasteiger partial charge is 0.464 e. The van der Waals surface area contributed by atoms with Crippen LogP contribution in [0.25, 0.3) is 0 Å². The molecule has 1 aliphatic rings. The average Bonchev–Trinajstić information content (AvgIpc) is 2.56. The molecule has 7 heteroatoms. The Labute approximate surface area is 150 Å². The highest BCUT2D eigenvalue weighted by molar-refractivity contribution is 6.37. The predicted octanol–water partition coefficient (Wildman–Crippen LogP) is 4.22. The highest BCUT2D eigenvalue weighted by Crippen LogP contribution is 2.33. The van der Waals surface area contributed by atoms with Gasteiger partial charge in [0.05, 0.1) is 6.61 Å². The Morgan fingerprint density at radius 2 is 2.09 bits per heavy atom. The number of halogens is 3. The number of carbonyl (C=O) groups excluding carboxylic acids is 2. The number of hydrogen-bond donors (Lipinski definition) is 0. The van der Waals surface area contributed by atoms with E-state index in [1.165, 1.54) is 4.90 Å². The van der Waals surface area contributed by atoms with Crippen molar-refractivity contribution in [1.29, 1.82) is 0 Å². The Balaban J connectivity index is 2.22. The number of likely N-dealkylation sites (tertiary alicyclic amines) is 1. The maximum absolute atomic E-state index is 12.8. The zero-order valence-electron chi connectivity index (χ0n) is 12.7. The summed E-state index contributed by atoms with van der Waals surface area (Å²) in [6, 6.07) is 4.21. The molecule has 126 valence electrons. The second-order valence-electron chi connectivity index (χ2n) is 5.32. The number of amides is 1. The van der Waals surface area contributed by atoms with E-state index < -0.39 is 11.4 Å². The van der Waals surface area contributed by atoms with Crippen LogP contribution in [0.15, 0.2) is 18.2 Å². The minimum Gasteiger partial charge on any atom is -0.464 e. The lowest BCUT2D eigenvalue weighted by molar-refractivity contribution is -0.156. The minimum absolute atomic E-state index is 0.280. The molecule has 0 N–H and O–H groups in total. The van der Waals surface area contributed by atoms with Crippen LogP contribution in [-0.2, 0) is 14.3 Å². The fourth-order valence-electron chi connectivity index (χ4n) is 2.67. The van der Waals surface area contributed by atoms with E-state index in [9.17, 15) is 9.59 Å². The zero-order valence-corrected chi connectivity index (χ0v) is 15.0. The number of ether oxygens (including phenoxy) is 1. The summed E-state index contributed by atoms with van der Waals surface area (Å²) >= 11 is 18.4. The Kier molecular flexibility index (Phi) is 6.57. The number of benzene rings is 1. The Morgan fingerprint density at radius 3 is 2.78 bits per heavy atom. The molecule has 0 spiro atoms. The maximum atomic E-state index is 12.8. The molecule has 0 radical (unpaired) electrons. The standard InChI is InChI=1S/C16H18Cl3NO3/c1-2-23-16(22)13-5-3-4-8-20(13)15(21)14(19)11-9-10(17)6-7-12(11)18/h6-7,9,13-14H,2-5,8H2,1H3. The molecule has 1 amide bonds. The van der Waals surface area contributed by atoms with Crippen LogP contribution in [0.4, 0.5) is 0 Å². The summed E-state index contributed by atoms with van der Waals surface area (Å²) in [6.45, 7) is 2.49. The molecule has 0 saturated carbocycles. The fourth-order valence-corrected chi connectivity index (χ4v) is 3.44. The normalized spacial score (nSPS) is 19.3. The third-order valence-corrected chi connectivity index (χ3v) is 4.79. The molecule has 1 fully saturated rings. The lowest BCUT2D eigenvalue weighted by Gasteiger charge is -2.35. The molecule has 0 aromatic heterocycles. The van der Waals surface area contributed by atoms with Crippen molar-refractivity contribution in [2.45, 2.75) is 37.6 Å². The number of rotatable bonds is 4. The smallest absolute Gasteiger partial charge is 0.328 e. The van der Waals surface area contributed by atoms with E-state index in [1.54, 1.807) is 25.1 Å². The Bertz CT molecular complexity index is 594. The summed E-state index contributed by atoms with van der Waals surface area (Å²) in [5.74, 6) is -0.741. The van der Waals surface area contributed by atoms with Gasteiger partial charge in [-0.05, 0) is 49.9 Å². The number of hydrogen-bond acceptors (Lipinski definition) is 3. The molecular weight excluding hydrogens is 361 g/mol. The molecule has 0 bridgehead atoms. The number of alkyl halides is 1. The van der Waals surface area contributed by atoms with Gasteiger partial charge in [0.2, 0.25) is 5.91 Å². The van der Waals surface area contributed by atoms with Gasteiger partial charge in [0.25, 0.3) is 0 Å². The summed E-state index contributed by atoms with van der Waals surface area (Å²) in [5.41, 5.74) is 0.444. The highest BCUT2D eigenvalue weighted by Gasteiger charge is 2.36. The summed E-state index contributed by atoms with van der Waals surface area (Å²) in [4.78, 5) is 26.3. The predicted molar refractivity (Wildman–Crippen MR) is 91.0 cm³/mol. The number of carbonyl (C=O) groups is 2. The molecule has 1 aromatic carbocycles. The van der Waals surface area contributed by atoms with Crippen LogP contribution in [0.2, 0.25) is 10.0 Å². The van der Waals surface area contributed by atoms with E-state index in [4.69, 9.17) is 39.5 Å². The van der Waals surface area contributed by atoms with Crippen molar-refractivity contribution in [3.8, 4) is 0 Å². The second kappa shape index (κ2) is 8.22. The molecule has 1 saturated heterocycles. The van der Waals surface area contributed by atoms with Crippen LogP contribution in [0.5, 0.6) is 0 Å². The van der Waals surface area contributed by atoms with Gasteiger partial charge in [0.15, 0.2) is 0 Å². The van der Waals surface area contributed by atoms with E-state index in [1.807, 2.05) is 0 Å². The molecule has 2 atom stereocenters. The highest BCUT2D eigenvalue weighted by atomic mass is 35.5. The van der Waals surface area contributed by atoms with Gasteiger partial charge in [0, 0.05) is 16.6 Å². The van der Waals surface area contributed by atoms with Gasteiger partial charge in [0.1, 0.15) is 11.4 Å². The van der Waals surface area contributed by atoms with Crippen LogP contribution in [0, 0.1) is 0 Å². The first kappa shape index (κ1) is 18.4. The molecule has 0 aliphatic carbocycles. The molecular formula is C16H18Cl3NO3. The SMILES string of the molecule is CCOC(=O)C1CCCCN1C(=O)C(Cl)c1cc(Cl)ccc1Cl. The Morgan fingerprint density at radius 1 is 1.35 bits per heavy atom.